The van der Waals surface area contributed by atoms with E-state index in [0.29, 0.717) is 0 Å². The van der Waals surface area contributed by atoms with Gasteiger partial charge in [0.2, 0.25) is 5.91 Å². The fraction of sp³-hybridized carbons (Fsp3) is 0.300. The molecule has 16 heavy (non-hydrogen) atoms. The molecule has 0 heterocycles. The van der Waals surface area contributed by atoms with Crippen molar-refractivity contribution in [2.75, 3.05) is 0 Å². The first-order chi connectivity index (χ1) is 7.32. The quantitative estimate of drug-likeness (QED) is 0.824. The van der Waals surface area contributed by atoms with E-state index in [2.05, 4.69) is 0 Å². The standard InChI is InChI=1S/C10H9ClF3NO/c11-8(9(15)16)5-6-3-1-2-4-7(6)10(12,13)14/h1-4,8H,5H2,(H2,15,16). The second kappa shape index (κ2) is 4.74. The topological polar surface area (TPSA) is 43.1 Å². The normalized spacial score (nSPS) is 13.5. The highest BCUT2D eigenvalue weighted by Crippen LogP contribution is 2.32. The lowest BCUT2D eigenvalue weighted by atomic mass is 10.0. The van der Waals surface area contributed by atoms with Gasteiger partial charge in [-0.1, -0.05) is 18.2 Å². The van der Waals surface area contributed by atoms with E-state index in [0.717, 1.165) is 6.07 Å². The zero-order valence-electron chi connectivity index (χ0n) is 8.09. The molecule has 1 aromatic carbocycles. The van der Waals surface area contributed by atoms with E-state index < -0.39 is 23.0 Å². The van der Waals surface area contributed by atoms with E-state index in [1.165, 1.54) is 18.2 Å². The van der Waals surface area contributed by atoms with Crippen molar-refractivity contribution in [1.29, 1.82) is 0 Å². The minimum Gasteiger partial charge on any atom is -0.368 e. The number of rotatable bonds is 3. The van der Waals surface area contributed by atoms with E-state index >= 15 is 0 Å². The van der Waals surface area contributed by atoms with Gasteiger partial charge in [0, 0.05) is 0 Å². The summed E-state index contributed by atoms with van der Waals surface area (Å²) in [6.45, 7) is 0. The van der Waals surface area contributed by atoms with Crippen LogP contribution >= 0.6 is 11.6 Å². The van der Waals surface area contributed by atoms with Crippen molar-refractivity contribution in [2.24, 2.45) is 5.73 Å². The lowest BCUT2D eigenvalue weighted by Crippen LogP contribution is -2.26. The molecule has 0 saturated heterocycles. The monoisotopic (exact) mass is 251 g/mol. The van der Waals surface area contributed by atoms with E-state index in [1.54, 1.807) is 0 Å². The van der Waals surface area contributed by atoms with Gasteiger partial charge >= 0.3 is 6.18 Å². The Balaban J connectivity index is 3.01. The van der Waals surface area contributed by atoms with Gasteiger partial charge in [0.1, 0.15) is 5.38 Å². The first kappa shape index (κ1) is 12.8. The summed E-state index contributed by atoms with van der Waals surface area (Å²) in [6.07, 6.45) is -4.68. The Kier molecular flexibility index (Phi) is 3.80. The highest BCUT2D eigenvalue weighted by atomic mass is 35.5. The van der Waals surface area contributed by atoms with Crippen LogP contribution in [0, 0.1) is 0 Å². The Morgan fingerprint density at radius 2 is 1.94 bits per heavy atom. The molecule has 0 aromatic heterocycles. The maximum Gasteiger partial charge on any atom is 0.416 e. The van der Waals surface area contributed by atoms with Crippen LogP contribution in [0.25, 0.3) is 0 Å². The predicted octanol–water partition coefficient (Wildman–Crippen LogP) is 2.34. The fourth-order valence-corrected chi connectivity index (χ4v) is 1.43. The molecule has 0 bridgehead atoms. The van der Waals surface area contributed by atoms with E-state index in [9.17, 15) is 18.0 Å². The highest BCUT2D eigenvalue weighted by Gasteiger charge is 2.33. The van der Waals surface area contributed by atoms with E-state index in [1.807, 2.05) is 0 Å². The van der Waals surface area contributed by atoms with Crippen molar-refractivity contribution in [1.82, 2.24) is 0 Å². The highest BCUT2D eigenvalue weighted by molar-refractivity contribution is 6.30. The average Bonchev–Trinajstić information content (AvgIpc) is 2.16. The van der Waals surface area contributed by atoms with Crippen molar-refractivity contribution in [2.45, 2.75) is 18.0 Å². The summed E-state index contributed by atoms with van der Waals surface area (Å²) < 4.78 is 37.6. The van der Waals surface area contributed by atoms with Crippen molar-refractivity contribution in [3.8, 4) is 0 Å². The number of hydrogen-bond donors (Lipinski definition) is 1. The lowest BCUT2D eigenvalue weighted by molar-refractivity contribution is -0.138. The molecule has 0 radical (unpaired) electrons. The third-order valence-electron chi connectivity index (χ3n) is 2.03. The van der Waals surface area contributed by atoms with Crippen LogP contribution in [0.3, 0.4) is 0 Å². The van der Waals surface area contributed by atoms with Crippen LogP contribution in [0.4, 0.5) is 13.2 Å². The van der Waals surface area contributed by atoms with Crippen LogP contribution < -0.4 is 5.73 Å². The van der Waals surface area contributed by atoms with Crippen LogP contribution in [0.1, 0.15) is 11.1 Å². The Bertz CT molecular complexity index is 392. The molecule has 1 rings (SSSR count). The molecule has 0 spiro atoms. The molecule has 88 valence electrons. The van der Waals surface area contributed by atoms with Gasteiger partial charge in [0.05, 0.1) is 5.56 Å². The number of amides is 1. The largest absolute Gasteiger partial charge is 0.416 e. The molecule has 1 amide bonds. The van der Waals surface area contributed by atoms with Crippen molar-refractivity contribution < 1.29 is 18.0 Å². The summed E-state index contributed by atoms with van der Waals surface area (Å²) in [6, 6.07) is 4.95. The maximum absolute atomic E-state index is 12.5. The molecule has 2 N–H and O–H groups in total. The zero-order valence-corrected chi connectivity index (χ0v) is 8.85. The number of benzene rings is 1. The van der Waals surface area contributed by atoms with Crippen LogP contribution in [-0.2, 0) is 17.4 Å². The molecular weight excluding hydrogens is 243 g/mol. The third kappa shape index (κ3) is 3.13. The van der Waals surface area contributed by atoms with Gasteiger partial charge < -0.3 is 5.73 Å². The zero-order chi connectivity index (χ0) is 12.3. The fourth-order valence-electron chi connectivity index (χ4n) is 1.27. The lowest BCUT2D eigenvalue weighted by Gasteiger charge is -2.13. The summed E-state index contributed by atoms with van der Waals surface area (Å²) in [7, 11) is 0. The van der Waals surface area contributed by atoms with Gasteiger partial charge in [-0.2, -0.15) is 13.2 Å². The van der Waals surface area contributed by atoms with Gasteiger partial charge in [0.15, 0.2) is 0 Å². The molecule has 0 fully saturated rings. The first-order valence-electron chi connectivity index (χ1n) is 4.41. The van der Waals surface area contributed by atoms with Crippen molar-refractivity contribution in [3.05, 3.63) is 35.4 Å². The van der Waals surface area contributed by atoms with Crippen LogP contribution in [0.15, 0.2) is 24.3 Å². The van der Waals surface area contributed by atoms with E-state index in [4.69, 9.17) is 17.3 Å². The molecule has 1 aromatic rings. The summed E-state index contributed by atoms with van der Waals surface area (Å²) in [5.74, 6) is -0.835. The van der Waals surface area contributed by atoms with Crippen molar-refractivity contribution >= 4 is 17.5 Å². The third-order valence-corrected chi connectivity index (χ3v) is 2.40. The van der Waals surface area contributed by atoms with Gasteiger partial charge in [-0.25, -0.2) is 0 Å². The number of carbonyl (C=O) groups is 1. The number of nitrogens with two attached hydrogens (primary N) is 1. The first-order valence-corrected chi connectivity index (χ1v) is 4.84. The van der Waals surface area contributed by atoms with Crippen LogP contribution in [-0.4, -0.2) is 11.3 Å². The molecule has 0 aliphatic heterocycles. The minimum absolute atomic E-state index is 0.0335. The van der Waals surface area contributed by atoms with Gasteiger partial charge in [-0.15, -0.1) is 11.6 Å². The maximum atomic E-state index is 12.5. The predicted molar refractivity (Wildman–Crippen MR) is 54.0 cm³/mol. The van der Waals surface area contributed by atoms with Crippen LogP contribution in [0.2, 0.25) is 0 Å². The Morgan fingerprint density at radius 3 is 2.44 bits per heavy atom. The summed E-state index contributed by atoms with van der Waals surface area (Å²) in [5, 5.41) is -1.14. The summed E-state index contributed by atoms with van der Waals surface area (Å²) in [5.41, 5.74) is 4.07. The van der Waals surface area contributed by atoms with Gasteiger partial charge in [-0.05, 0) is 18.1 Å². The molecule has 0 aliphatic carbocycles. The number of carbonyl (C=O) groups excluding carboxylic acids is 1. The number of primary amides is 1. The molecule has 6 heteroatoms. The summed E-state index contributed by atoms with van der Waals surface area (Å²) in [4.78, 5) is 10.7. The molecule has 0 aliphatic rings. The summed E-state index contributed by atoms with van der Waals surface area (Å²) >= 11 is 5.53. The minimum atomic E-state index is -4.45. The average molecular weight is 252 g/mol. The second-order valence-electron chi connectivity index (χ2n) is 3.23. The Morgan fingerprint density at radius 1 is 1.38 bits per heavy atom. The van der Waals surface area contributed by atoms with Crippen LogP contribution in [0.5, 0.6) is 0 Å². The Hall–Kier alpha value is -1.23. The van der Waals surface area contributed by atoms with Gasteiger partial charge in [-0.3, -0.25) is 4.79 Å². The molecule has 0 saturated carbocycles. The second-order valence-corrected chi connectivity index (χ2v) is 3.76. The van der Waals surface area contributed by atoms with Gasteiger partial charge in [0.25, 0.3) is 0 Å². The number of halogens is 4. The Labute approximate surface area is 95.2 Å². The molecule has 1 atom stereocenters. The number of hydrogen-bond acceptors (Lipinski definition) is 1. The SMILES string of the molecule is NC(=O)C(Cl)Cc1ccccc1C(F)(F)F. The number of alkyl halides is 4. The van der Waals surface area contributed by atoms with E-state index in [-0.39, 0.29) is 12.0 Å². The molecule has 2 nitrogen and oxygen atoms in total. The smallest absolute Gasteiger partial charge is 0.368 e. The molecular formula is C10H9ClF3NO. The molecule has 1 unspecified atom stereocenters. The van der Waals surface area contributed by atoms with Crippen molar-refractivity contribution in [3.63, 3.8) is 0 Å².